The average Bonchev–Trinajstić information content (AvgIpc) is 3.33. The Bertz CT molecular complexity index is 955. The number of alkyl halides is 3. The highest BCUT2D eigenvalue weighted by Gasteiger charge is 2.41. The molecule has 3 rings (SSSR count). The first-order valence-electron chi connectivity index (χ1n) is 8.51. The smallest absolute Gasteiger partial charge is 0.412 e. The highest BCUT2D eigenvalue weighted by molar-refractivity contribution is 7.99. The predicted octanol–water partition coefficient (Wildman–Crippen LogP) is 4.21. The summed E-state index contributed by atoms with van der Waals surface area (Å²) in [4.78, 5) is 12.2. The third-order valence-electron chi connectivity index (χ3n) is 3.94. The van der Waals surface area contributed by atoms with Gasteiger partial charge < -0.3 is 9.73 Å². The molecule has 2 heterocycles. The zero-order valence-corrected chi connectivity index (χ0v) is 15.9. The molecule has 6 nitrogen and oxygen atoms in total. The van der Waals surface area contributed by atoms with Gasteiger partial charge in [0, 0.05) is 6.54 Å². The van der Waals surface area contributed by atoms with Crippen LogP contribution in [0.2, 0.25) is 0 Å². The van der Waals surface area contributed by atoms with E-state index in [2.05, 4.69) is 10.2 Å². The monoisotopic (exact) mass is 428 g/mol. The van der Waals surface area contributed by atoms with E-state index in [1.165, 1.54) is 6.26 Å². The molecule has 0 aliphatic carbocycles. The first-order valence-corrected chi connectivity index (χ1v) is 9.49. The number of rotatable bonds is 7. The van der Waals surface area contributed by atoms with Gasteiger partial charge in [-0.1, -0.05) is 23.9 Å². The van der Waals surface area contributed by atoms with Crippen molar-refractivity contribution < 1.29 is 26.8 Å². The number of aromatic nitrogens is 3. The molecule has 3 aromatic rings. The van der Waals surface area contributed by atoms with Crippen LogP contribution in [0.25, 0.3) is 11.6 Å². The van der Waals surface area contributed by atoms with E-state index in [0.717, 1.165) is 36.0 Å². The predicted molar refractivity (Wildman–Crippen MR) is 97.5 cm³/mol. The molecule has 0 fully saturated rings. The highest BCUT2D eigenvalue weighted by Crippen LogP contribution is 2.33. The van der Waals surface area contributed by atoms with Gasteiger partial charge in [-0.25, -0.2) is 4.39 Å². The van der Waals surface area contributed by atoms with Gasteiger partial charge in [0.2, 0.25) is 5.91 Å². The maximum atomic E-state index is 13.4. The molecule has 0 aliphatic rings. The molecular weight excluding hydrogens is 412 g/mol. The van der Waals surface area contributed by atoms with Crippen LogP contribution in [0.15, 0.2) is 52.2 Å². The Hall–Kier alpha value is -2.82. The third-order valence-corrected chi connectivity index (χ3v) is 4.91. The summed E-state index contributed by atoms with van der Waals surface area (Å²) in [6.07, 6.45) is -3.24. The second-order valence-electron chi connectivity index (χ2n) is 5.91. The van der Waals surface area contributed by atoms with E-state index < -0.39 is 23.9 Å². The summed E-state index contributed by atoms with van der Waals surface area (Å²) < 4.78 is 60.0. The lowest BCUT2D eigenvalue weighted by molar-refractivity contribution is -0.162. The summed E-state index contributed by atoms with van der Waals surface area (Å²) in [6.45, 7) is 2.32. The number of hydrogen-bond acceptors (Lipinski definition) is 5. The van der Waals surface area contributed by atoms with E-state index in [9.17, 15) is 22.4 Å². The molecule has 29 heavy (non-hydrogen) atoms. The van der Waals surface area contributed by atoms with Crippen LogP contribution in [-0.4, -0.2) is 32.6 Å². The minimum Gasteiger partial charge on any atom is -0.461 e. The van der Waals surface area contributed by atoms with E-state index in [1.54, 1.807) is 16.7 Å². The fourth-order valence-electron chi connectivity index (χ4n) is 2.61. The number of nitrogens with zero attached hydrogens (tertiary/aromatic N) is 3. The molecule has 1 unspecified atom stereocenters. The van der Waals surface area contributed by atoms with Gasteiger partial charge in [0.1, 0.15) is 5.82 Å². The summed E-state index contributed by atoms with van der Waals surface area (Å²) in [7, 11) is 0. The molecule has 2 aromatic heterocycles. The molecule has 154 valence electrons. The van der Waals surface area contributed by atoms with E-state index >= 15 is 0 Å². The van der Waals surface area contributed by atoms with Gasteiger partial charge in [0.25, 0.3) is 0 Å². The maximum Gasteiger partial charge on any atom is 0.412 e. The van der Waals surface area contributed by atoms with Crippen molar-refractivity contribution in [3.63, 3.8) is 0 Å². The van der Waals surface area contributed by atoms with Gasteiger partial charge in [0.05, 0.1) is 12.0 Å². The fourth-order valence-corrected chi connectivity index (χ4v) is 3.42. The first kappa shape index (κ1) is 20.9. The first-order chi connectivity index (χ1) is 13.8. The van der Waals surface area contributed by atoms with Crippen LogP contribution in [0, 0.1) is 5.82 Å². The number of carbonyl (C=O) groups excluding carboxylic acids is 1. The standard InChI is InChI=1S/C18H16F4N4O2S/c1-2-26-16(13-4-3-9-28-13)24-25-17(26)29-10-14(27)23-15(18(20,21)22)11-5-7-12(19)8-6-11/h3-9,15H,2,10H2,1H3,(H,23,27). The molecule has 0 spiro atoms. The van der Waals surface area contributed by atoms with Crippen LogP contribution in [-0.2, 0) is 11.3 Å². The zero-order valence-electron chi connectivity index (χ0n) is 15.1. The lowest BCUT2D eigenvalue weighted by atomic mass is 10.1. The van der Waals surface area contributed by atoms with E-state index in [1.807, 2.05) is 12.2 Å². The van der Waals surface area contributed by atoms with Gasteiger partial charge in [-0.2, -0.15) is 13.2 Å². The second-order valence-corrected chi connectivity index (χ2v) is 6.85. The Morgan fingerprint density at radius 2 is 1.97 bits per heavy atom. The molecule has 11 heteroatoms. The molecule has 1 aromatic carbocycles. The SMILES string of the molecule is CCn1c(SCC(=O)NC(c2ccc(F)cc2)C(F)(F)F)nnc1-c1ccco1. The number of nitrogens with one attached hydrogen (secondary N) is 1. The van der Waals surface area contributed by atoms with E-state index in [0.29, 0.717) is 23.3 Å². The second kappa shape index (κ2) is 8.68. The fraction of sp³-hybridized carbons (Fsp3) is 0.278. The Labute approximate surface area is 167 Å². The van der Waals surface area contributed by atoms with Crippen molar-refractivity contribution in [2.75, 3.05) is 5.75 Å². The highest BCUT2D eigenvalue weighted by atomic mass is 32.2. The van der Waals surface area contributed by atoms with Crippen LogP contribution in [0.4, 0.5) is 17.6 Å². The molecule has 1 atom stereocenters. The van der Waals surface area contributed by atoms with Crippen molar-refractivity contribution in [2.24, 2.45) is 0 Å². The Kier molecular flexibility index (Phi) is 6.26. The van der Waals surface area contributed by atoms with Crippen LogP contribution in [0.3, 0.4) is 0 Å². The molecule has 0 radical (unpaired) electrons. The third kappa shape index (κ3) is 4.97. The summed E-state index contributed by atoms with van der Waals surface area (Å²) >= 11 is 0.956. The largest absolute Gasteiger partial charge is 0.461 e. The van der Waals surface area contributed by atoms with Gasteiger partial charge in [0.15, 0.2) is 22.8 Å². The van der Waals surface area contributed by atoms with Gasteiger partial charge in [-0.3, -0.25) is 9.36 Å². The van der Waals surface area contributed by atoms with Crippen molar-refractivity contribution >= 4 is 17.7 Å². The summed E-state index contributed by atoms with van der Waals surface area (Å²) in [5.74, 6) is -0.858. The molecule has 0 aliphatic heterocycles. The summed E-state index contributed by atoms with van der Waals surface area (Å²) in [5.41, 5.74) is -0.255. The minimum atomic E-state index is -4.73. The maximum absolute atomic E-state index is 13.4. The lowest BCUT2D eigenvalue weighted by Gasteiger charge is -2.22. The Balaban J connectivity index is 1.69. The van der Waals surface area contributed by atoms with E-state index in [-0.39, 0.29) is 11.3 Å². The normalized spacial score (nSPS) is 12.7. The number of hydrogen-bond donors (Lipinski definition) is 1. The van der Waals surface area contributed by atoms with Crippen LogP contribution < -0.4 is 5.32 Å². The quantitative estimate of drug-likeness (QED) is 0.451. The zero-order chi connectivity index (χ0) is 21.0. The molecule has 0 saturated carbocycles. The van der Waals surface area contributed by atoms with Crippen molar-refractivity contribution in [3.8, 4) is 11.6 Å². The lowest BCUT2D eigenvalue weighted by Crippen LogP contribution is -2.39. The number of thioether (sulfide) groups is 1. The molecule has 0 saturated heterocycles. The average molecular weight is 428 g/mol. The minimum absolute atomic E-state index is 0.255. The summed E-state index contributed by atoms with van der Waals surface area (Å²) in [5, 5.41) is 10.3. The number of amides is 1. The van der Waals surface area contributed by atoms with Crippen molar-refractivity contribution in [1.29, 1.82) is 0 Å². The van der Waals surface area contributed by atoms with Crippen molar-refractivity contribution in [3.05, 3.63) is 54.0 Å². The van der Waals surface area contributed by atoms with Gasteiger partial charge >= 0.3 is 6.18 Å². The number of benzene rings is 1. The number of furan rings is 1. The van der Waals surface area contributed by atoms with Crippen LogP contribution in [0.5, 0.6) is 0 Å². The topological polar surface area (TPSA) is 73.0 Å². The van der Waals surface area contributed by atoms with E-state index in [4.69, 9.17) is 4.42 Å². The van der Waals surface area contributed by atoms with Crippen molar-refractivity contribution in [2.45, 2.75) is 30.8 Å². The Morgan fingerprint density at radius 1 is 1.24 bits per heavy atom. The summed E-state index contributed by atoms with van der Waals surface area (Å²) in [6, 6.07) is 4.96. The van der Waals surface area contributed by atoms with Gasteiger partial charge in [-0.15, -0.1) is 10.2 Å². The Morgan fingerprint density at radius 3 is 2.55 bits per heavy atom. The number of halogens is 4. The molecule has 0 bridgehead atoms. The van der Waals surface area contributed by atoms with Crippen LogP contribution in [0.1, 0.15) is 18.5 Å². The molecular formula is C18H16F4N4O2S. The molecule has 1 amide bonds. The number of carbonyl (C=O) groups is 1. The molecule has 1 N–H and O–H groups in total. The van der Waals surface area contributed by atoms with Crippen molar-refractivity contribution in [1.82, 2.24) is 20.1 Å². The van der Waals surface area contributed by atoms with Gasteiger partial charge in [-0.05, 0) is 36.8 Å². The van der Waals surface area contributed by atoms with Crippen LogP contribution >= 0.6 is 11.8 Å².